The van der Waals surface area contributed by atoms with Gasteiger partial charge >= 0.3 is 10.2 Å². The summed E-state index contributed by atoms with van der Waals surface area (Å²) in [6.45, 7) is 5.60. The summed E-state index contributed by atoms with van der Waals surface area (Å²) >= 11 is 0. The van der Waals surface area contributed by atoms with Crippen molar-refractivity contribution in [3.05, 3.63) is 29.6 Å². The fourth-order valence-corrected chi connectivity index (χ4v) is 2.91. The first-order chi connectivity index (χ1) is 8.30. The molecule has 0 aromatic carbocycles. The molecule has 6 heteroatoms. The smallest absolute Gasteiger partial charge is 0.285 e. The third-order valence-corrected chi connectivity index (χ3v) is 3.58. The van der Waals surface area contributed by atoms with Gasteiger partial charge in [-0.25, -0.2) is 4.98 Å². The van der Waals surface area contributed by atoms with E-state index in [1.165, 1.54) is 4.40 Å². The van der Waals surface area contributed by atoms with Crippen LogP contribution in [0.2, 0.25) is 0 Å². The maximum absolute atomic E-state index is 13.5. The number of rotatable bonds is 3. The van der Waals surface area contributed by atoms with Crippen LogP contribution in [0.5, 0.6) is 0 Å². The van der Waals surface area contributed by atoms with E-state index in [2.05, 4.69) is 4.98 Å². The molecule has 2 aromatic heterocycles. The molecule has 0 unspecified atom stereocenters. The molecule has 2 rings (SSSR count). The second-order valence-corrected chi connectivity index (χ2v) is 6.02. The van der Waals surface area contributed by atoms with Crippen molar-refractivity contribution in [2.75, 3.05) is 0 Å². The minimum atomic E-state index is -4.78. The first-order valence-electron chi connectivity index (χ1n) is 5.72. The van der Waals surface area contributed by atoms with Gasteiger partial charge in [-0.15, -0.1) is 0 Å². The molecule has 0 radical (unpaired) electrons. The Morgan fingerprint density at radius 2 is 2.06 bits per heavy atom. The predicted molar refractivity (Wildman–Crippen MR) is 66.8 cm³/mol. The quantitative estimate of drug-likeness (QED) is 0.805. The van der Waals surface area contributed by atoms with Crippen molar-refractivity contribution in [1.29, 1.82) is 0 Å². The third-order valence-electron chi connectivity index (χ3n) is 2.70. The number of hydrogen-bond acceptors (Lipinski definition) is 3. The fourth-order valence-electron chi connectivity index (χ4n) is 2.04. The van der Waals surface area contributed by atoms with E-state index in [0.29, 0.717) is 23.5 Å². The summed E-state index contributed by atoms with van der Waals surface area (Å²) in [6, 6.07) is 5.17. The van der Waals surface area contributed by atoms with Crippen molar-refractivity contribution in [1.82, 2.24) is 9.38 Å². The van der Waals surface area contributed by atoms with Crippen molar-refractivity contribution in [2.24, 2.45) is 5.92 Å². The average molecular weight is 270 g/mol. The minimum Gasteiger partial charge on any atom is -0.285 e. The van der Waals surface area contributed by atoms with Crippen LogP contribution in [0.15, 0.2) is 23.2 Å². The van der Waals surface area contributed by atoms with Crippen LogP contribution in [-0.4, -0.2) is 17.8 Å². The van der Waals surface area contributed by atoms with Gasteiger partial charge in [-0.05, 0) is 31.4 Å². The number of imidazole rings is 1. The van der Waals surface area contributed by atoms with Crippen LogP contribution in [0, 0.1) is 12.8 Å². The zero-order valence-corrected chi connectivity index (χ0v) is 11.3. The van der Waals surface area contributed by atoms with E-state index < -0.39 is 10.2 Å². The van der Waals surface area contributed by atoms with E-state index in [0.717, 1.165) is 0 Å². The van der Waals surface area contributed by atoms with E-state index in [1.54, 1.807) is 25.1 Å². The van der Waals surface area contributed by atoms with Gasteiger partial charge < -0.3 is 0 Å². The van der Waals surface area contributed by atoms with E-state index in [4.69, 9.17) is 0 Å². The van der Waals surface area contributed by atoms with Gasteiger partial charge in [0.15, 0.2) is 5.03 Å². The van der Waals surface area contributed by atoms with Gasteiger partial charge in [-0.2, -0.15) is 8.42 Å². The minimum absolute atomic E-state index is 0.204. The number of nitrogens with zero attached hydrogens (tertiary/aromatic N) is 2. The summed E-state index contributed by atoms with van der Waals surface area (Å²) in [6.07, 6.45) is 0.430. The Labute approximate surface area is 106 Å². The monoisotopic (exact) mass is 270 g/mol. The van der Waals surface area contributed by atoms with Gasteiger partial charge in [0.05, 0.1) is 5.69 Å². The van der Waals surface area contributed by atoms with Crippen molar-refractivity contribution in [2.45, 2.75) is 32.2 Å². The van der Waals surface area contributed by atoms with Gasteiger partial charge in [0.1, 0.15) is 5.65 Å². The standard InChI is InChI=1S/C12H15FN2O2S/c1-8(2)7-10-12(18(13,16)17)15-9(3)5-4-6-11(15)14-10/h4-6,8H,7H2,1-3H3. The summed E-state index contributed by atoms with van der Waals surface area (Å²) in [4.78, 5) is 4.22. The number of aryl methyl sites for hydroxylation is 1. The molecular weight excluding hydrogens is 255 g/mol. The first kappa shape index (κ1) is 13.0. The van der Waals surface area contributed by atoms with Gasteiger partial charge in [0.25, 0.3) is 0 Å². The molecule has 2 heterocycles. The Morgan fingerprint density at radius 3 is 2.61 bits per heavy atom. The number of halogens is 1. The summed E-state index contributed by atoms with van der Waals surface area (Å²) in [5.41, 5.74) is 1.40. The highest BCUT2D eigenvalue weighted by atomic mass is 32.3. The fraction of sp³-hybridized carbons (Fsp3) is 0.417. The lowest BCUT2D eigenvalue weighted by Gasteiger charge is -2.04. The highest BCUT2D eigenvalue weighted by Gasteiger charge is 2.25. The summed E-state index contributed by atoms with van der Waals surface area (Å²) in [5.74, 6) is 0.204. The maximum atomic E-state index is 13.5. The van der Waals surface area contributed by atoms with Gasteiger partial charge in [-0.3, -0.25) is 4.40 Å². The van der Waals surface area contributed by atoms with E-state index in [1.807, 2.05) is 13.8 Å². The lowest BCUT2D eigenvalue weighted by Crippen LogP contribution is -2.05. The van der Waals surface area contributed by atoms with Crippen molar-refractivity contribution in [3.63, 3.8) is 0 Å². The molecule has 0 fully saturated rings. The number of hydrogen-bond donors (Lipinski definition) is 0. The zero-order chi connectivity index (χ0) is 13.5. The third kappa shape index (κ3) is 2.25. The normalized spacial score (nSPS) is 12.5. The Bertz CT molecular complexity index is 689. The Kier molecular flexibility index (Phi) is 3.14. The van der Waals surface area contributed by atoms with Crippen LogP contribution in [0.1, 0.15) is 25.2 Å². The van der Waals surface area contributed by atoms with E-state index in [9.17, 15) is 12.3 Å². The molecule has 0 spiro atoms. The molecule has 0 atom stereocenters. The van der Waals surface area contributed by atoms with Crippen molar-refractivity contribution < 1.29 is 12.3 Å². The summed E-state index contributed by atoms with van der Waals surface area (Å²) in [5, 5.41) is -0.329. The molecule has 0 saturated heterocycles. The maximum Gasteiger partial charge on any atom is 0.350 e. The number of pyridine rings is 1. The second-order valence-electron chi connectivity index (χ2n) is 4.76. The van der Waals surface area contributed by atoms with Crippen LogP contribution in [0.4, 0.5) is 3.89 Å². The summed E-state index contributed by atoms with van der Waals surface area (Å²) in [7, 11) is -4.78. The lowest BCUT2D eigenvalue weighted by atomic mass is 10.1. The zero-order valence-electron chi connectivity index (χ0n) is 10.5. The highest BCUT2D eigenvalue weighted by Crippen LogP contribution is 2.24. The largest absolute Gasteiger partial charge is 0.350 e. The molecule has 4 nitrogen and oxygen atoms in total. The SMILES string of the molecule is Cc1cccc2nc(CC(C)C)c(S(=O)(=O)F)n12. The highest BCUT2D eigenvalue weighted by molar-refractivity contribution is 7.86. The summed E-state index contributed by atoms with van der Waals surface area (Å²) < 4.78 is 37.5. The molecule has 98 valence electrons. The van der Waals surface area contributed by atoms with E-state index >= 15 is 0 Å². The molecule has 0 N–H and O–H groups in total. The molecular formula is C12H15FN2O2S. The van der Waals surface area contributed by atoms with Crippen molar-refractivity contribution >= 4 is 15.9 Å². The number of fused-ring (bicyclic) bond motifs is 1. The number of aromatic nitrogens is 2. The van der Waals surface area contributed by atoms with Crippen LogP contribution >= 0.6 is 0 Å². The van der Waals surface area contributed by atoms with Crippen LogP contribution < -0.4 is 0 Å². The molecule has 0 amide bonds. The van der Waals surface area contributed by atoms with Crippen LogP contribution in [0.25, 0.3) is 5.65 Å². The Hall–Kier alpha value is -1.43. The van der Waals surface area contributed by atoms with Crippen LogP contribution in [0.3, 0.4) is 0 Å². The molecule has 2 aromatic rings. The van der Waals surface area contributed by atoms with E-state index in [-0.39, 0.29) is 10.9 Å². The van der Waals surface area contributed by atoms with Gasteiger partial charge in [0, 0.05) is 5.69 Å². The second kappa shape index (κ2) is 4.35. The molecule has 18 heavy (non-hydrogen) atoms. The topological polar surface area (TPSA) is 51.4 Å². The molecule has 0 aliphatic carbocycles. The molecule has 0 bridgehead atoms. The first-order valence-corrected chi connectivity index (χ1v) is 7.10. The predicted octanol–water partition coefficient (Wildman–Crippen LogP) is 2.50. The van der Waals surface area contributed by atoms with Crippen LogP contribution in [-0.2, 0) is 16.6 Å². The van der Waals surface area contributed by atoms with Gasteiger partial charge in [-0.1, -0.05) is 23.8 Å². The molecule has 0 aliphatic heterocycles. The Balaban J connectivity index is 2.83. The van der Waals surface area contributed by atoms with Crippen molar-refractivity contribution in [3.8, 4) is 0 Å². The molecule has 0 aliphatic rings. The van der Waals surface area contributed by atoms with Gasteiger partial charge in [0.2, 0.25) is 0 Å². The average Bonchev–Trinajstić information content (AvgIpc) is 2.55. The Morgan fingerprint density at radius 1 is 1.39 bits per heavy atom. The molecule has 0 saturated carbocycles. The lowest BCUT2D eigenvalue weighted by molar-refractivity contribution is 0.540.